The number of benzene rings is 1. The highest BCUT2D eigenvalue weighted by atomic mass is 127. The van der Waals surface area contributed by atoms with Gasteiger partial charge in [-0.25, -0.2) is 0 Å². The molecule has 0 fully saturated rings. The Kier molecular flexibility index (Phi) is 11.5. The van der Waals surface area contributed by atoms with Crippen molar-refractivity contribution < 1.29 is 4.79 Å². The molecular formula is C16H27IN4O. The maximum atomic E-state index is 11.1. The molecule has 6 heteroatoms. The van der Waals surface area contributed by atoms with Crippen LogP contribution in [0.4, 0.5) is 0 Å². The molecule has 1 amide bonds. The molecule has 4 N–H and O–H groups in total. The number of halogens is 1. The first kappa shape index (κ1) is 20.7. The van der Waals surface area contributed by atoms with Crippen LogP contribution in [0.2, 0.25) is 0 Å². The molecule has 1 aromatic carbocycles. The Bertz CT molecular complexity index is 477. The van der Waals surface area contributed by atoms with E-state index in [1.165, 1.54) is 19.3 Å². The van der Waals surface area contributed by atoms with Crippen LogP contribution in [0.25, 0.3) is 0 Å². The normalized spacial score (nSPS) is 10.7. The van der Waals surface area contributed by atoms with Gasteiger partial charge < -0.3 is 16.4 Å². The molecule has 5 nitrogen and oxygen atoms in total. The summed E-state index contributed by atoms with van der Waals surface area (Å²) in [7, 11) is 1.75. The topological polar surface area (TPSA) is 79.5 Å². The van der Waals surface area contributed by atoms with Crippen LogP contribution in [0.1, 0.15) is 48.5 Å². The summed E-state index contributed by atoms with van der Waals surface area (Å²) in [6, 6.07) is 7.29. The third-order valence-corrected chi connectivity index (χ3v) is 3.22. The van der Waals surface area contributed by atoms with Gasteiger partial charge in [-0.2, -0.15) is 0 Å². The van der Waals surface area contributed by atoms with E-state index in [0.717, 1.165) is 24.5 Å². The minimum absolute atomic E-state index is 0. The van der Waals surface area contributed by atoms with Crippen molar-refractivity contribution in [2.75, 3.05) is 13.6 Å². The van der Waals surface area contributed by atoms with E-state index in [4.69, 9.17) is 5.73 Å². The lowest BCUT2D eigenvalue weighted by Crippen LogP contribution is -2.37. The van der Waals surface area contributed by atoms with Gasteiger partial charge in [0.05, 0.1) is 0 Å². The molecule has 0 aliphatic rings. The van der Waals surface area contributed by atoms with Crippen molar-refractivity contribution in [1.29, 1.82) is 0 Å². The lowest BCUT2D eigenvalue weighted by molar-refractivity contribution is 0.1000. The Morgan fingerprint density at radius 2 is 2.00 bits per heavy atom. The molecule has 0 radical (unpaired) electrons. The molecule has 0 unspecified atom stereocenters. The molecule has 0 saturated carbocycles. The summed E-state index contributed by atoms with van der Waals surface area (Å²) < 4.78 is 0. The number of unbranched alkanes of at least 4 members (excludes halogenated alkanes) is 3. The molecule has 0 aromatic heterocycles. The summed E-state index contributed by atoms with van der Waals surface area (Å²) in [6.45, 7) is 3.73. The Labute approximate surface area is 150 Å². The van der Waals surface area contributed by atoms with Crippen molar-refractivity contribution in [3.63, 3.8) is 0 Å². The number of nitrogens with one attached hydrogen (secondary N) is 2. The molecular weight excluding hydrogens is 391 g/mol. The first-order valence-corrected chi connectivity index (χ1v) is 7.50. The lowest BCUT2D eigenvalue weighted by Gasteiger charge is -2.12. The summed E-state index contributed by atoms with van der Waals surface area (Å²) in [5.41, 5.74) is 6.80. The van der Waals surface area contributed by atoms with E-state index in [0.29, 0.717) is 12.1 Å². The predicted molar refractivity (Wildman–Crippen MR) is 103 cm³/mol. The first-order valence-electron chi connectivity index (χ1n) is 7.50. The Morgan fingerprint density at radius 1 is 1.23 bits per heavy atom. The van der Waals surface area contributed by atoms with Crippen molar-refractivity contribution in [1.82, 2.24) is 10.6 Å². The van der Waals surface area contributed by atoms with E-state index in [2.05, 4.69) is 22.5 Å². The maximum Gasteiger partial charge on any atom is 0.248 e. The highest BCUT2D eigenvalue weighted by Gasteiger charge is 2.02. The van der Waals surface area contributed by atoms with Crippen LogP contribution in [0.3, 0.4) is 0 Å². The Balaban J connectivity index is 0.00000441. The smallest absolute Gasteiger partial charge is 0.248 e. The van der Waals surface area contributed by atoms with Gasteiger partial charge >= 0.3 is 0 Å². The number of primary amides is 1. The molecule has 0 saturated heterocycles. The third-order valence-electron chi connectivity index (χ3n) is 3.22. The number of carbonyl (C=O) groups excluding carboxylic acids is 1. The van der Waals surface area contributed by atoms with Crippen molar-refractivity contribution in [2.24, 2.45) is 10.7 Å². The molecule has 22 heavy (non-hydrogen) atoms. The average Bonchev–Trinajstić information content (AvgIpc) is 2.50. The van der Waals surface area contributed by atoms with Crippen LogP contribution >= 0.6 is 24.0 Å². The summed E-state index contributed by atoms with van der Waals surface area (Å²) >= 11 is 0. The first-order chi connectivity index (χ1) is 10.2. The molecule has 0 aliphatic heterocycles. The molecule has 0 bridgehead atoms. The average molecular weight is 418 g/mol. The molecule has 124 valence electrons. The highest BCUT2D eigenvalue weighted by Crippen LogP contribution is 2.04. The summed E-state index contributed by atoms with van der Waals surface area (Å²) in [4.78, 5) is 15.3. The zero-order valence-electron chi connectivity index (χ0n) is 13.4. The fourth-order valence-corrected chi connectivity index (χ4v) is 2.00. The van der Waals surface area contributed by atoms with Gasteiger partial charge in [0.1, 0.15) is 0 Å². The molecule has 1 rings (SSSR count). The van der Waals surface area contributed by atoms with Gasteiger partial charge in [0.15, 0.2) is 5.96 Å². The number of nitrogens with two attached hydrogens (primary N) is 1. The quantitative estimate of drug-likeness (QED) is 0.263. The van der Waals surface area contributed by atoms with Crippen LogP contribution in [-0.4, -0.2) is 25.5 Å². The second-order valence-electron chi connectivity index (χ2n) is 4.98. The number of amides is 1. The van der Waals surface area contributed by atoms with Gasteiger partial charge in [0, 0.05) is 25.7 Å². The molecule has 0 heterocycles. The van der Waals surface area contributed by atoms with Gasteiger partial charge in [-0.15, -0.1) is 24.0 Å². The van der Waals surface area contributed by atoms with E-state index in [1.54, 1.807) is 19.2 Å². The highest BCUT2D eigenvalue weighted by molar-refractivity contribution is 14.0. The van der Waals surface area contributed by atoms with Gasteiger partial charge in [-0.3, -0.25) is 9.79 Å². The fourth-order valence-electron chi connectivity index (χ4n) is 2.00. The van der Waals surface area contributed by atoms with Crippen LogP contribution in [0, 0.1) is 0 Å². The molecule has 0 spiro atoms. The molecule has 1 aromatic rings. The number of hydrogen-bond acceptors (Lipinski definition) is 2. The Hall–Kier alpha value is -1.31. The van der Waals surface area contributed by atoms with Crippen LogP contribution < -0.4 is 16.4 Å². The van der Waals surface area contributed by atoms with E-state index in [1.807, 2.05) is 12.1 Å². The molecule has 0 aliphatic carbocycles. The van der Waals surface area contributed by atoms with Gasteiger partial charge in [-0.1, -0.05) is 38.3 Å². The van der Waals surface area contributed by atoms with Crippen LogP contribution in [0.5, 0.6) is 0 Å². The van der Waals surface area contributed by atoms with Crippen LogP contribution in [-0.2, 0) is 6.54 Å². The largest absolute Gasteiger partial charge is 0.366 e. The monoisotopic (exact) mass is 418 g/mol. The standard InChI is InChI=1S/C16H26N4O.HI/c1-3-4-5-6-10-19-16(18-2)20-12-13-8-7-9-14(11-13)15(17)21;/h7-9,11H,3-6,10,12H2,1-2H3,(H2,17,21)(H2,18,19,20);1H. The minimum Gasteiger partial charge on any atom is -0.366 e. The maximum absolute atomic E-state index is 11.1. The van der Waals surface area contributed by atoms with E-state index >= 15 is 0 Å². The minimum atomic E-state index is -0.407. The lowest BCUT2D eigenvalue weighted by atomic mass is 10.1. The number of nitrogens with zero attached hydrogens (tertiary/aromatic N) is 1. The third kappa shape index (κ3) is 8.21. The van der Waals surface area contributed by atoms with E-state index in [-0.39, 0.29) is 24.0 Å². The Morgan fingerprint density at radius 3 is 2.64 bits per heavy atom. The second kappa shape index (κ2) is 12.3. The summed E-state index contributed by atoms with van der Waals surface area (Å²) in [5, 5.41) is 6.51. The second-order valence-corrected chi connectivity index (χ2v) is 4.98. The van der Waals surface area contributed by atoms with Crippen LogP contribution in [0.15, 0.2) is 29.3 Å². The number of carbonyl (C=O) groups is 1. The molecule has 0 atom stereocenters. The van der Waals surface area contributed by atoms with Gasteiger partial charge in [0.2, 0.25) is 5.91 Å². The van der Waals surface area contributed by atoms with E-state index in [9.17, 15) is 4.79 Å². The predicted octanol–water partition coefficient (Wildman–Crippen LogP) is 2.65. The summed E-state index contributed by atoms with van der Waals surface area (Å²) in [5.74, 6) is 0.367. The van der Waals surface area contributed by atoms with Crippen molar-refractivity contribution in [3.05, 3.63) is 35.4 Å². The van der Waals surface area contributed by atoms with Crippen molar-refractivity contribution in [3.8, 4) is 0 Å². The van der Waals surface area contributed by atoms with Gasteiger partial charge in [-0.05, 0) is 24.1 Å². The number of guanidine groups is 1. The number of hydrogen-bond donors (Lipinski definition) is 3. The zero-order chi connectivity index (χ0) is 15.5. The zero-order valence-corrected chi connectivity index (χ0v) is 15.7. The van der Waals surface area contributed by atoms with Crippen molar-refractivity contribution >= 4 is 35.8 Å². The van der Waals surface area contributed by atoms with Gasteiger partial charge in [0.25, 0.3) is 0 Å². The number of rotatable bonds is 8. The van der Waals surface area contributed by atoms with E-state index < -0.39 is 5.91 Å². The summed E-state index contributed by atoms with van der Waals surface area (Å²) in [6.07, 6.45) is 4.89. The van der Waals surface area contributed by atoms with Crippen molar-refractivity contribution in [2.45, 2.75) is 39.2 Å². The number of aliphatic imine (C=N–C) groups is 1. The fraction of sp³-hybridized carbons (Fsp3) is 0.500. The SMILES string of the molecule is CCCCCCNC(=NC)NCc1cccc(C(N)=O)c1.I.